The normalized spacial score (nSPS) is 10.5. The standard InChI is InChI=1S/C19H18N2/c20-17-11-12-18(21)19(15-9-5-2-6-10-15)16(17)13-14-7-3-1-4-8-14/h1-12H,13,20-21H2. The summed E-state index contributed by atoms with van der Waals surface area (Å²) in [7, 11) is 0. The fourth-order valence-electron chi connectivity index (χ4n) is 2.62. The Bertz CT molecular complexity index is 734. The van der Waals surface area contributed by atoms with Crippen molar-refractivity contribution in [3.8, 4) is 11.1 Å². The van der Waals surface area contributed by atoms with E-state index >= 15 is 0 Å². The minimum Gasteiger partial charge on any atom is -0.398 e. The molecule has 0 saturated heterocycles. The van der Waals surface area contributed by atoms with E-state index in [2.05, 4.69) is 24.3 Å². The first-order chi connectivity index (χ1) is 10.3. The number of hydrogen-bond acceptors (Lipinski definition) is 2. The van der Waals surface area contributed by atoms with Gasteiger partial charge in [0.1, 0.15) is 0 Å². The van der Waals surface area contributed by atoms with E-state index in [1.165, 1.54) is 5.56 Å². The van der Waals surface area contributed by atoms with Crippen LogP contribution in [0.15, 0.2) is 72.8 Å². The van der Waals surface area contributed by atoms with Crippen LogP contribution < -0.4 is 11.5 Å². The Morgan fingerprint density at radius 3 is 1.86 bits per heavy atom. The molecule has 104 valence electrons. The molecule has 0 amide bonds. The van der Waals surface area contributed by atoms with Crippen molar-refractivity contribution >= 4 is 11.4 Å². The smallest absolute Gasteiger partial charge is 0.0398 e. The highest BCUT2D eigenvalue weighted by Crippen LogP contribution is 2.34. The van der Waals surface area contributed by atoms with Gasteiger partial charge in [0.25, 0.3) is 0 Å². The Hall–Kier alpha value is -2.74. The molecule has 0 unspecified atom stereocenters. The lowest BCUT2D eigenvalue weighted by atomic mass is 9.92. The van der Waals surface area contributed by atoms with Gasteiger partial charge in [-0.05, 0) is 28.8 Å². The molecular formula is C19H18N2. The van der Waals surface area contributed by atoms with E-state index in [0.717, 1.165) is 34.5 Å². The molecule has 0 aliphatic carbocycles. The minimum absolute atomic E-state index is 0.765. The third-order valence-corrected chi connectivity index (χ3v) is 3.67. The molecule has 0 aliphatic heterocycles. The predicted octanol–water partition coefficient (Wildman–Crippen LogP) is 4.11. The summed E-state index contributed by atoms with van der Waals surface area (Å²) in [5.74, 6) is 0. The monoisotopic (exact) mass is 274 g/mol. The van der Waals surface area contributed by atoms with Gasteiger partial charge in [-0.3, -0.25) is 0 Å². The summed E-state index contributed by atoms with van der Waals surface area (Å²) in [6.45, 7) is 0. The van der Waals surface area contributed by atoms with E-state index < -0.39 is 0 Å². The minimum atomic E-state index is 0.765. The number of hydrogen-bond donors (Lipinski definition) is 2. The molecule has 0 heterocycles. The second-order valence-corrected chi connectivity index (χ2v) is 5.13. The van der Waals surface area contributed by atoms with Crippen molar-refractivity contribution in [1.29, 1.82) is 0 Å². The van der Waals surface area contributed by atoms with Crippen LogP contribution in [-0.2, 0) is 6.42 Å². The van der Waals surface area contributed by atoms with Gasteiger partial charge in [0, 0.05) is 23.4 Å². The number of nitrogens with two attached hydrogens (primary N) is 2. The van der Waals surface area contributed by atoms with Gasteiger partial charge < -0.3 is 11.5 Å². The summed E-state index contributed by atoms with van der Waals surface area (Å²) in [4.78, 5) is 0. The summed E-state index contributed by atoms with van der Waals surface area (Å²) in [5, 5.41) is 0. The molecule has 3 aromatic rings. The topological polar surface area (TPSA) is 52.0 Å². The molecule has 0 atom stereocenters. The van der Waals surface area contributed by atoms with E-state index in [9.17, 15) is 0 Å². The van der Waals surface area contributed by atoms with Crippen LogP contribution in [0.2, 0.25) is 0 Å². The average molecular weight is 274 g/mol. The molecule has 0 fully saturated rings. The van der Waals surface area contributed by atoms with Crippen LogP contribution in [0.5, 0.6) is 0 Å². The van der Waals surface area contributed by atoms with Gasteiger partial charge in [-0.25, -0.2) is 0 Å². The van der Waals surface area contributed by atoms with Crippen molar-refractivity contribution < 1.29 is 0 Å². The lowest BCUT2D eigenvalue weighted by Crippen LogP contribution is -2.02. The summed E-state index contributed by atoms with van der Waals surface area (Å²) in [5.41, 5.74) is 18.5. The maximum absolute atomic E-state index is 6.22. The molecule has 21 heavy (non-hydrogen) atoms. The van der Waals surface area contributed by atoms with Gasteiger partial charge in [0.15, 0.2) is 0 Å². The van der Waals surface area contributed by atoms with Crippen LogP contribution in [0.25, 0.3) is 11.1 Å². The van der Waals surface area contributed by atoms with Crippen LogP contribution in [0.3, 0.4) is 0 Å². The molecule has 0 aliphatic rings. The molecule has 3 aromatic carbocycles. The van der Waals surface area contributed by atoms with Gasteiger partial charge in [-0.15, -0.1) is 0 Å². The van der Waals surface area contributed by atoms with E-state index in [4.69, 9.17) is 11.5 Å². The van der Waals surface area contributed by atoms with Crippen molar-refractivity contribution in [2.45, 2.75) is 6.42 Å². The van der Waals surface area contributed by atoms with Crippen LogP contribution in [0, 0.1) is 0 Å². The molecule has 0 aromatic heterocycles. The molecule has 0 spiro atoms. The van der Waals surface area contributed by atoms with Crippen LogP contribution >= 0.6 is 0 Å². The molecule has 0 bridgehead atoms. The Kier molecular flexibility index (Phi) is 3.61. The highest BCUT2D eigenvalue weighted by molar-refractivity contribution is 5.84. The van der Waals surface area contributed by atoms with Gasteiger partial charge in [-0.1, -0.05) is 60.7 Å². The van der Waals surface area contributed by atoms with Crippen molar-refractivity contribution in [1.82, 2.24) is 0 Å². The van der Waals surface area contributed by atoms with Crippen molar-refractivity contribution in [3.63, 3.8) is 0 Å². The summed E-state index contributed by atoms with van der Waals surface area (Å²) in [6, 6.07) is 24.3. The third kappa shape index (κ3) is 2.75. The Morgan fingerprint density at radius 1 is 0.619 bits per heavy atom. The quantitative estimate of drug-likeness (QED) is 0.706. The Balaban J connectivity index is 2.13. The summed E-state index contributed by atoms with van der Waals surface area (Å²) in [6.07, 6.45) is 0.780. The van der Waals surface area contributed by atoms with Crippen LogP contribution in [0.4, 0.5) is 11.4 Å². The Labute approximate surface area is 125 Å². The maximum Gasteiger partial charge on any atom is 0.0398 e. The predicted molar refractivity (Wildman–Crippen MR) is 90.0 cm³/mol. The lowest BCUT2D eigenvalue weighted by molar-refractivity contribution is 1.20. The van der Waals surface area contributed by atoms with Gasteiger partial charge >= 0.3 is 0 Å². The van der Waals surface area contributed by atoms with Crippen molar-refractivity contribution in [2.24, 2.45) is 0 Å². The number of nitrogen functional groups attached to an aromatic ring is 2. The first-order valence-electron chi connectivity index (χ1n) is 7.02. The largest absolute Gasteiger partial charge is 0.398 e. The van der Waals surface area contributed by atoms with Gasteiger partial charge in [0.05, 0.1) is 0 Å². The van der Waals surface area contributed by atoms with Crippen LogP contribution in [0.1, 0.15) is 11.1 Å². The number of benzene rings is 3. The van der Waals surface area contributed by atoms with Gasteiger partial charge in [-0.2, -0.15) is 0 Å². The van der Waals surface area contributed by atoms with Gasteiger partial charge in [0.2, 0.25) is 0 Å². The summed E-state index contributed by atoms with van der Waals surface area (Å²) < 4.78 is 0. The van der Waals surface area contributed by atoms with Crippen molar-refractivity contribution in [3.05, 3.63) is 83.9 Å². The average Bonchev–Trinajstić information content (AvgIpc) is 2.53. The fourth-order valence-corrected chi connectivity index (χ4v) is 2.62. The second kappa shape index (κ2) is 5.71. The maximum atomic E-state index is 6.22. The molecule has 2 nitrogen and oxygen atoms in total. The first kappa shape index (κ1) is 13.3. The molecule has 0 saturated carbocycles. The van der Waals surface area contributed by atoms with E-state index in [0.29, 0.717) is 0 Å². The molecular weight excluding hydrogens is 256 g/mol. The van der Waals surface area contributed by atoms with Crippen molar-refractivity contribution in [2.75, 3.05) is 11.5 Å². The molecule has 0 radical (unpaired) electrons. The lowest BCUT2D eigenvalue weighted by Gasteiger charge is -2.15. The number of rotatable bonds is 3. The molecule has 4 N–H and O–H groups in total. The zero-order valence-corrected chi connectivity index (χ0v) is 11.8. The second-order valence-electron chi connectivity index (χ2n) is 5.13. The van der Waals surface area contributed by atoms with Crippen LogP contribution in [-0.4, -0.2) is 0 Å². The highest BCUT2D eigenvalue weighted by Gasteiger charge is 2.12. The SMILES string of the molecule is Nc1ccc(N)c(-c2ccccc2)c1Cc1ccccc1. The zero-order chi connectivity index (χ0) is 14.7. The van der Waals surface area contributed by atoms with E-state index in [1.54, 1.807) is 0 Å². The fraction of sp³-hybridized carbons (Fsp3) is 0.0526. The molecule has 3 rings (SSSR count). The summed E-state index contributed by atoms with van der Waals surface area (Å²) >= 11 is 0. The van der Waals surface area contributed by atoms with E-state index in [1.807, 2.05) is 48.5 Å². The zero-order valence-electron chi connectivity index (χ0n) is 11.8. The molecule has 2 heteroatoms. The number of anilines is 2. The highest BCUT2D eigenvalue weighted by atomic mass is 14.6. The van der Waals surface area contributed by atoms with E-state index in [-0.39, 0.29) is 0 Å². The first-order valence-corrected chi connectivity index (χ1v) is 7.02. The Morgan fingerprint density at radius 2 is 1.19 bits per heavy atom. The third-order valence-electron chi connectivity index (χ3n) is 3.67.